The van der Waals surface area contributed by atoms with Crippen LogP contribution in [0.3, 0.4) is 0 Å². The van der Waals surface area contributed by atoms with Gasteiger partial charge in [-0.25, -0.2) is 8.78 Å². The Kier molecular flexibility index (Phi) is 5.17. The molecule has 9 heteroatoms. The molecule has 2 aliphatic carbocycles. The zero-order valence-electron chi connectivity index (χ0n) is 15.7. The highest BCUT2D eigenvalue weighted by Crippen LogP contribution is 2.72. The minimum atomic E-state index is -2.76. The zero-order chi connectivity index (χ0) is 20.8. The fourth-order valence-corrected chi connectivity index (χ4v) is 6.63. The van der Waals surface area contributed by atoms with E-state index in [4.69, 9.17) is 9.26 Å². The van der Waals surface area contributed by atoms with Crippen LogP contribution in [-0.4, -0.2) is 16.2 Å². The van der Waals surface area contributed by atoms with E-state index in [2.05, 4.69) is 0 Å². The van der Waals surface area contributed by atoms with Crippen molar-refractivity contribution in [3.05, 3.63) is 63.7 Å². The summed E-state index contributed by atoms with van der Waals surface area (Å²) in [7, 11) is -2.76. The van der Waals surface area contributed by atoms with Gasteiger partial charge in [0.05, 0.1) is 11.0 Å². The molecular formula is C20H20F2NO5P. The van der Waals surface area contributed by atoms with Gasteiger partial charge in [-0.15, -0.1) is 0 Å². The lowest BCUT2D eigenvalue weighted by Gasteiger charge is -2.23. The minimum Gasteiger partial charge on any atom is -0.447 e. The highest BCUT2D eigenvalue weighted by atomic mass is 31.2. The lowest BCUT2D eigenvalue weighted by Crippen LogP contribution is -2.06. The van der Waals surface area contributed by atoms with Gasteiger partial charge in [0.15, 0.2) is 11.6 Å². The summed E-state index contributed by atoms with van der Waals surface area (Å²) in [5.41, 5.74) is 0.394. The Labute approximate surface area is 166 Å². The van der Waals surface area contributed by atoms with Crippen LogP contribution in [0.5, 0.6) is 11.5 Å². The van der Waals surface area contributed by atoms with E-state index in [1.165, 1.54) is 18.2 Å². The second-order valence-corrected chi connectivity index (χ2v) is 10.5. The van der Waals surface area contributed by atoms with Crippen LogP contribution in [0.25, 0.3) is 0 Å². The maximum atomic E-state index is 13.9. The molecule has 2 saturated carbocycles. The second-order valence-electron chi connectivity index (χ2n) is 7.52. The predicted octanol–water partition coefficient (Wildman–Crippen LogP) is 6.35. The molecule has 154 valence electrons. The van der Waals surface area contributed by atoms with Crippen LogP contribution in [0.15, 0.2) is 36.4 Å². The highest BCUT2D eigenvalue weighted by molar-refractivity contribution is 7.61. The normalized spacial score (nSPS) is 17.8. The summed E-state index contributed by atoms with van der Waals surface area (Å²) in [5, 5.41) is 11.4. The van der Waals surface area contributed by atoms with Crippen molar-refractivity contribution < 1.29 is 27.5 Å². The standard InChI is InChI=1S/C20H20F2NO5P/c1-12(28-29(26,15-4-5-15)16-6-7-16)13-2-8-18(23(24)25)20(10-13)27-19-9-3-14(21)11-17(19)22/h2-3,8-12,15-16H,4-7H2,1H3. The van der Waals surface area contributed by atoms with Gasteiger partial charge < -0.3 is 9.26 Å². The zero-order valence-corrected chi connectivity index (χ0v) is 16.6. The Morgan fingerprint density at radius 1 is 1.07 bits per heavy atom. The van der Waals surface area contributed by atoms with Gasteiger partial charge in [0.25, 0.3) is 0 Å². The Morgan fingerprint density at radius 2 is 1.72 bits per heavy atom. The van der Waals surface area contributed by atoms with Crippen molar-refractivity contribution >= 4 is 13.1 Å². The van der Waals surface area contributed by atoms with E-state index in [1.807, 2.05) is 0 Å². The first-order valence-corrected chi connectivity index (χ1v) is 11.2. The Hall–Kier alpha value is -2.31. The molecule has 2 aliphatic rings. The number of hydrogen-bond donors (Lipinski definition) is 0. The third kappa shape index (κ3) is 4.19. The summed E-state index contributed by atoms with van der Waals surface area (Å²) >= 11 is 0. The van der Waals surface area contributed by atoms with E-state index in [0.29, 0.717) is 11.6 Å². The molecule has 29 heavy (non-hydrogen) atoms. The number of hydrogen-bond acceptors (Lipinski definition) is 5. The molecule has 0 radical (unpaired) electrons. The Bertz CT molecular complexity index is 990. The van der Waals surface area contributed by atoms with Gasteiger partial charge in [0, 0.05) is 23.5 Å². The fraction of sp³-hybridized carbons (Fsp3) is 0.400. The van der Waals surface area contributed by atoms with Crippen LogP contribution in [0.1, 0.15) is 44.3 Å². The van der Waals surface area contributed by atoms with Crippen molar-refractivity contribution in [2.24, 2.45) is 0 Å². The summed E-state index contributed by atoms with van der Waals surface area (Å²) in [6.07, 6.45) is 3.04. The van der Waals surface area contributed by atoms with Gasteiger partial charge >= 0.3 is 5.69 Å². The van der Waals surface area contributed by atoms with Crippen LogP contribution in [0.2, 0.25) is 0 Å². The van der Waals surface area contributed by atoms with Gasteiger partial charge in [-0.3, -0.25) is 14.7 Å². The van der Waals surface area contributed by atoms with E-state index in [0.717, 1.165) is 37.8 Å². The molecule has 0 heterocycles. The first kappa shape index (κ1) is 20.0. The summed E-state index contributed by atoms with van der Waals surface area (Å²) < 4.78 is 51.8. The SMILES string of the molecule is CC(OP(=O)(C1CC1)C1CC1)c1ccc([N+](=O)[O-])c(Oc2ccc(F)cc2F)c1. The molecule has 0 amide bonds. The quantitative estimate of drug-likeness (QED) is 0.281. The van der Waals surface area contributed by atoms with E-state index >= 15 is 0 Å². The van der Waals surface area contributed by atoms with E-state index < -0.39 is 30.0 Å². The molecule has 2 aromatic rings. The molecule has 1 atom stereocenters. The summed E-state index contributed by atoms with van der Waals surface area (Å²) in [5.74, 6) is -2.28. The van der Waals surface area contributed by atoms with Crippen LogP contribution < -0.4 is 4.74 Å². The minimum absolute atomic E-state index is 0.111. The number of halogens is 2. The van der Waals surface area contributed by atoms with Crippen molar-refractivity contribution in [2.45, 2.75) is 50.0 Å². The van der Waals surface area contributed by atoms with Crippen LogP contribution in [0, 0.1) is 21.7 Å². The lowest BCUT2D eigenvalue weighted by molar-refractivity contribution is -0.385. The van der Waals surface area contributed by atoms with Gasteiger partial charge in [0.2, 0.25) is 13.1 Å². The van der Waals surface area contributed by atoms with Crippen LogP contribution in [-0.2, 0) is 9.09 Å². The monoisotopic (exact) mass is 423 g/mol. The maximum Gasteiger partial charge on any atom is 0.311 e. The maximum absolute atomic E-state index is 13.9. The van der Waals surface area contributed by atoms with Crippen molar-refractivity contribution in [1.29, 1.82) is 0 Å². The number of nitrogens with zero attached hydrogens (tertiary/aromatic N) is 1. The first-order chi connectivity index (χ1) is 13.8. The molecule has 2 aromatic carbocycles. The predicted molar refractivity (Wildman–Crippen MR) is 103 cm³/mol. The van der Waals surface area contributed by atoms with Crippen molar-refractivity contribution in [1.82, 2.24) is 0 Å². The molecule has 0 aromatic heterocycles. The van der Waals surface area contributed by atoms with Gasteiger partial charge in [-0.2, -0.15) is 0 Å². The molecule has 1 unspecified atom stereocenters. The molecule has 0 saturated heterocycles. The van der Waals surface area contributed by atoms with E-state index in [1.54, 1.807) is 6.92 Å². The molecular weight excluding hydrogens is 403 g/mol. The third-order valence-corrected chi connectivity index (χ3v) is 8.91. The third-order valence-electron chi connectivity index (χ3n) is 5.20. The molecule has 2 fully saturated rings. The number of nitro groups is 1. The summed E-state index contributed by atoms with van der Waals surface area (Å²) in [4.78, 5) is 10.7. The highest BCUT2D eigenvalue weighted by Gasteiger charge is 2.52. The Balaban J connectivity index is 1.62. The van der Waals surface area contributed by atoms with Gasteiger partial charge in [0.1, 0.15) is 5.82 Å². The number of ether oxygens (including phenoxy) is 1. The van der Waals surface area contributed by atoms with Gasteiger partial charge in [-0.05, 0) is 62.4 Å². The topological polar surface area (TPSA) is 78.7 Å². The number of rotatable bonds is 8. The molecule has 0 N–H and O–H groups in total. The average Bonchev–Trinajstić information content (AvgIpc) is 3.56. The molecule has 0 spiro atoms. The average molecular weight is 423 g/mol. The van der Waals surface area contributed by atoms with Crippen LogP contribution in [0.4, 0.5) is 14.5 Å². The largest absolute Gasteiger partial charge is 0.447 e. The summed E-state index contributed by atoms with van der Waals surface area (Å²) in [6, 6.07) is 6.84. The van der Waals surface area contributed by atoms with E-state index in [-0.39, 0.29) is 28.5 Å². The molecule has 0 aliphatic heterocycles. The van der Waals surface area contributed by atoms with Crippen molar-refractivity contribution in [2.75, 3.05) is 0 Å². The van der Waals surface area contributed by atoms with E-state index in [9.17, 15) is 23.5 Å². The fourth-order valence-electron chi connectivity index (χ4n) is 3.34. The van der Waals surface area contributed by atoms with Crippen molar-refractivity contribution in [3.8, 4) is 11.5 Å². The van der Waals surface area contributed by atoms with Crippen molar-refractivity contribution in [3.63, 3.8) is 0 Å². The number of benzene rings is 2. The van der Waals surface area contributed by atoms with Crippen LogP contribution >= 0.6 is 7.37 Å². The smallest absolute Gasteiger partial charge is 0.311 e. The second kappa shape index (κ2) is 7.50. The first-order valence-electron chi connectivity index (χ1n) is 9.47. The summed E-state index contributed by atoms with van der Waals surface area (Å²) in [6.45, 7) is 1.74. The molecule has 0 bridgehead atoms. The van der Waals surface area contributed by atoms with Gasteiger partial charge in [-0.1, -0.05) is 0 Å². The molecule has 6 nitrogen and oxygen atoms in total. The molecule has 4 rings (SSSR count). The lowest BCUT2D eigenvalue weighted by atomic mass is 10.1. The number of nitro benzene ring substituents is 1. The Morgan fingerprint density at radius 3 is 2.28 bits per heavy atom.